The van der Waals surface area contributed by atoms with Gasteiger partial charge in [-0.25, -0.2) is 4.98 Å². The molecule has 0 aliphatic rings. The van der Waals surface area contributed by atoms with Crippen LogP contribution in [0.3, 0.4) is 0 Å². The molecule has 0 spiro atoms. The van der Waals surface area contributed by atoms with E-state index in [-0.39, 0.29) is 0 Å². The minimum absolute atomic E-state index is 0.463. The maximum absolute atomic E-state index is 11.1. The molecule has 0 fully saturated rings. The van der Waals surface area contributed by atoms with Gasteiger partial charge in [-0.05, 0) is 35.9 Å². The van der Waals surface area contributed by atoms with Gasteiger partial charge in [0.2, 0.25) is 0 Å². The Labute approximate surface area is 123 Å². The molecule has 3 aromatic rings. The molecule has 5 heteroatoms. The second kappa shape index (κ2) is 4.93. The summed E-state index contributed by atoms with van der Waals surface area (Å²) in [5.41, 5.74) is 2.20. The first-order valence-corrected chi connectivity index (χ1v) is 7.08. The molecule has 1 aromatic heterocycles. The van der Waals surface area contributed by atoms with E-state index in [1.54, 1.807) is 18.2 Å². The third-order valence-corrected chi connectivity index (χ3v) is 4.32. The van der Waals surface area contributed by atoms with Gasteiger partial charge >= 0.3 is 0 Å². The van der Waals surface area contributed by atoms with Crippen LogP contribution in [-0.4, -0.2) is 10.2 Å². The monoisotopic (exact) mass is 307 g/mol. The summed E-state index contributed by atoms with van der Waals surface area (Å²) >= 11 is 13.1. The maximum atomic E-state index is 11.1. The van der Waals surface area contributed by atoms with Crippen molar-refractivity contribution in [3.8, 4) is 10.6 Å². The van der Waals surface area contributed by atoms with Crippen molar-refractivity contribution in [2.75, 3.05) is 0 Å². The largest absolute Gasteiger partial charge is 0.276 e. The molecule has 0 bridgehead atoms. The van der Waals surface area contributed by atoms with Gasteiger partial charge in [-0.2, -0.15) is 0 Å². The Morgan fingerprint density at radius 1 is 1.16 bits per heavy atom. The molecule has 0 amide bonds. The Morgan fingerprint density at radius 3 is 2.68 bits per heavy atom. The molecule has 0 aliphatic carbocycles. The zero-order valence-electron chi connectivity index (χ0n) is 9.56. The van der Waals surface area contributed by atoms with Crippen molar-refractivity contribution in [2.24, 2.45) is 0 Å². The fourth-order valence-electron chi connectivity index (χ4n) is 1.80. The van der Waals surface area contributed by atoms with E-state index in [1.165, 1.54) is 11.3 Å². The SMILES string of the molecule is O=C(Cl)c1ccc2nc(-c3ccccc3Cl)sc2c1. The highest BCUT2D eigenvalue weighted by atomic mass is 35.5. The summed E-state index contributed by atoms with van der Waals surface area (Å²) in [6.45, 7) is 0. The molecule has 0 aliphatic heterocycles. The van der Waals surface area contributed by atoms with Crippen LogP contribution < -0.4 is 0 Å². The van der Waals surface area contributed by atoms with Crippen molar-refractivity contribution in [3.05, 3.63) is 53.1 Å². The molecule has 1 heterocycles. The van der Waals surface area contributed by atoms with Crippen molar-refractivity contribution in [3.63, 3.8) is 0 Å². The predicted molar refractivity (Wildman–Crippen MR) is 80.2 cm³/mol. The van der Waals surface area contributed by atoms with E-state index in [0.717, 1.165) is 20.8 Å². The minimum Gasteiger partial charge on any atom is -0.276 e. The Kier molecular flexibility index (Phi) is 3.27. The van der Waals surface area contributed by atoms with E-state index in [4.69, 9.17) is 23.2 Å². The lowest BCUT2D eigenvalue weighted by Crippen LogP contribution is -1.86. The van der Waals surface area contributed by atoms with Gasteiger partial charge in [-0.15, -0.1) is 11.3 Å². The topological polar surface area (TPSA) is 30.0 Å². The number of carbonyl (C=O) groups is 1. The quantitative estimate of drug-likeness (QED) is 0.624. The number of benzene rings is 2. The van der Waals surface area contributed by atoms with Crippen LogP contribution in [0.15, 0.2) is 42.5 Å². The zero-order chi connectivity index (χ0) is 13.4. The summed E-state index contributed by atoms with van der Waals surface area (Å²) in [6, 6.07) is 12.8. The van der Waals surface area contributed by atoms with Crippen LogP contribution in [0.25, 0.3) is 20.8 Å². The van der Waals surface area contributed by atoms with Crippen LogP contribution in [0.1, 0.15) is 10.4 Å². The van der Waals surface area contributed by atoms with Gasteiger partial charge in [0.25, 0.3) is 5.24 Å². The number of carbonyl (C=O) groups excluding carboxylic acids is 1. The van der Waals surface area contributed by atoms with Gasteiger partial charge in [0.05, 0.1) is 15.2 Å². The molecule has 2 aromatic carbocycles. The van der Waals surface area contributed by atoms with Crippen LogP contribution >= 0.6 is 34.5 Å². The number of hydrogen-bond acceptors (Lipinski definition) is 3. The Morgan fingerprint density at radius 2 is 1.95 bits per heavy atom. The molecule has 0 N–H and O–H groups in total. The second-order valence-electron chi connectivity index (χ2n) is 3.96. The lowest BCUT2D eigenvalue weighted by atomic mass is 10.2. The highest BCUT2D eigenvalue weighted by Gasteiger charge is 2.11. The van der Waals surface area contributed by atoms with E-state index < -0.39 is 5.24 Å². The molecule has 2 nitrogen and oxygen atoms in total. The fraction of sp³-hybridized carbons (Fsp3) is 0. The molecule has 0 saturated heterocycles. The average molecular weight is 308 g/mol. The molecular formula is C14H7Cl2NOS. The van der Waals surface area contributed by atoms with E-state index in [9.17, 15) is 4.79 Å². The van der Waals surface area contributed by atoms with Gasteiger partial charge in [-0.1, -0.05) is 29.8 Å². The number of nitrogens with zero attached hydrogens (tertiary/aromatic N) is 1. The van der Waals surface area contributed by atoms with Crippen molar-refractivity contribution < 1.29 is 4.79 Å². The molecular weight excluding hydrogens is 301 g/mol. The summed E-state index contributed by atoms with van der Waals surface area (Å²) in [5, 5.41) is 1.03. The second-order valence-corrected chi connectivity index (χ2v) is 5.74. The van der Waals surface area contributed by atoms with Gasteiger partial charge in [0, 0.05) is 11.1 Å². The first kappa shape index (κ1) is 12.6. The summed E-state index contributed by atoms with van der Waals surface area (Å²) < 4.78 is 0.918. The summed E-state index contributed by atoms with van der Waals surface area (Å²) in [6.07, 6.45) is 0. The third kappa shape index (κ3) is 2.37. The summed E-state index contributed by atoms with van der Waals surface area (Å²) in [4.78, 5) is 15.7. The lowest BCUT2D eigenvalue weighted by molar-refractivity contribution is 0.108. The summed E-state index contributed by atoms with van der Waals surface area (Å²) in [7, 11) is 0. The number of thiazole rings is 1. The van der Waals surface area contributed by atoms with Crippen molar-refractivity contribution >= 4 is 50.0 Å². The molecule has 0 radical (unpaired) electrons. The highest BCUT2D eigenvalue weighted by Crippen LogP contribution is 2.34. The van der Waals surface area contributed by atoms with Crippen LogP contribution in [0, 0.1) is 0 Å². The minimum atomic E-state index is -0.463. The average Bonchev–Trinajstić information content (AvgIpc) is 2.81. The van der Waals surface area contributed by atoms with Crippen LogP contribution in [0.2, 0.25) is 5.02 Å². The summed E-state index contributed by atoms with van der Waals surface area (Å²) in [5.74, 6) is 0. The molecule has 0 saturated carbocycles. The molecule has 94 valence electrons. The van der Waals surface area contributed by atoms with Crippen molar-refractivity contribution in [1.82, 2.24) is 4.98 Å². The maximum Gasteiger partial charge on any atom is 0.252 e. The molecule has 0 atom stereocenters. The molecule has 3 rings (SSSR count). The van der Waals surface area contributed by atoms with Gasteiger partial charge in [0.15, 0.2) is 0 Å². The van der Waals surface area contributed by atoms with Crippen LogP contribution in [0.5, 0.6) is 0 Å². The Balaban J connectivity index is 2.17. The van der Waals surface area contributed by atoms with E-state index in [0.29, 0.717) is 10.6 Å². The molecule has 19 heavy (non-hydrogen) atoms. The van der Waals surface area contributed by atoms with Crippen molar-refractivity contribution in [1.29, 1.82) is 0 Å². The smallest absolute Gasteiger partial charge is 0.252 e. The fourth-order valence-corrected chi connectivity index (χ4v) is 3.24. The standard InChI is InChI=1S/C14H7Cl2NOS/c15-10-4-2-1-3-9(10)14-17-11-6-5-8(13(16)18)7-12(11)19-14/h1-7H. The van der Waals surface area contributed by atoms with E-state index in [1.807, 2.05) is 24.3 Å². The number of fused-ring (bicyclic) bond motifs is 1. The normalized spacial score (nSPS) is 10.8. The zero-order valence-corrected chi connectivity index (χ0v) is 11.9. The van der Waals surface area contributed by atoms with Crippen LogP contribution in [0.4, 0.5) is 0 Å². The van der Waals surface area contributed by atoms with Gasteiger partial charge in [-0.3, -0.25) is 4.79 Å². The van der Waals surface area contributed by atoms with Crippen LogP contribution in [-0.2, 0) is 0 Å². The number of rotatable bonds is 2. The van der Waals surface area contributed by atoms with Crippen molar-refractivity contribution in [2.45, 2.75) is 0 Å². The lowest BCUT2D eigenvalue weighted by Gasteiger charge is -1.97. The Bertz CT molecular complexity index is 782. The molecule has 0 unspecified atom stereocenters. The first-order valence-electron chi connectivity index (χ1n) is 5.50. The number of hydrogen-bond donors (Lipinski definition) is 0. The van der Waals surface area contributed by atoms with Gasteiger partial charge < -0.3 is 0 Å². The predicted octanol–water partition coefficient (Wildman–Crippen LogP) is 5.00. The van der Waals surface area contributed by atoms with Gasteiger partial charge in [0.1, 0.15) is 5.01 Å². The highest BCUT2D eigenvalue weighted by molar-refractivity contribution is 7.21. The van der Waals surface area contributed by atoms with E-state index >= 15 is 0 Å². The number of aromatic nitrogens is 1. The van der Waals surface area contributed by atoms with E-state index in [2.05, 4.69) is 4.98 Å². The first-order chi connectivity index (χ1) is 9.15. The number of halogens is 2. The Hall–Kier alpha value is -1.42. The third-order valence-electron chi connectivity index (χ3n) is 2.72.